The van der Waals surface area contributed by atoms with Crippen LogP contribution in [0.1, 0.15) is 322 Å². The van der Waals surface area contributed by atoms with Crippen molar-refractivity contribution in [3.05, 3.63) is 12.2 Å². The van der Waals surface area contributed by atoms with E-state index in [1.54, 1.807) is 6.08 Å². The van der Waals surface area contributed by atoms with Gasteiger partial charge in [-0.15, -0.1) is 0 Å². The molecule has 0 rings (SSSR count). The second kappa shape index (κ2) is 53.1. The van der Waals surface area contributed by atoms with Gasteiger partial charge in [0.05, 0.1) is 39.9 Å². The van der Waals surface area contributed by atoms with Gasteiger partial charge < -0.3 is 28.8 Å². The fourth-order valence-corrected chi connectivity index (χ4v) is 10.4. The zero-order chi connectivity index (χ0) is 51.3. The van der Waals surface area contributed by atoms with Crippen molar-refractivity contribution in [1.82, 2.24) is 5.32 Å². The Hall–Kier alpha value is -0.760. The van der Waals surface area contributed by atoms with E-state index in [1.165, 1.54) is 263 Å². The van der Waals surface area contributed by atoms with Crippen molar-refractivity contribution in [3.8, 4) is 0 Å². The van der Waals surface area contributed by atoms with E-state index in [-0.39, 0.29) is 19.1 Å². The molecule has 0 aromatic rings. The fraction of sp³-hybridized carbons (Fsp3) is 0.951. The molecular weight excluding hydrogens is 888 g/mol. The molecule has 0 aliphatic carbocycles. The molecule has 8 nitrogen and oxygen atoms in total. The van der Waals surface area contributed by atoms with E-state index < -0.39 is 20.0 Å². The van der Waals surface area contributed by atoms with Gasteiger partial charge in [0.25, 0.3) is 7.82 Å². The van der Waals surface area contributed by atoms with Crippen LogP contribution in [0.4, 0.5) is 0 Å². The summed E-state index contributed by atoms with van der Waals surface area (Å²) in [5.41, 5.74) is 0. The lowest BCUT2D eigenvalue weighted by molar-refractivity contribution is -0.870. The summed E-state index contributed by atoms with van der Waals surface area (Å²) >= 11 is 0. The molecule has 0 bridgehead atoms. The number of amides is 1. The largest absolute Gasteiger partial charge is 0.756 e. The molecule has 0 radical (unpaired) electrons. The van der Waals surface area contributed by atoms with Crippen LogP contribution in [-0.4, -0.2) is 68.5 Å². The number of aliphatic hydroxyl groups is 1. The van der Waals surface area contributed by atoms with E-state index in [9.17, 15) is 19.4 Å². The van der Waals surface area contributed by atoms with E-state index in [0.717, 1.165) is 38.5 Å². The normalized spacial score (nSPS) is 13.9. The molecule has 0 aromatic heterocycles. The average molecular weight is 1010 g/mol. The molecule has 0 saturated carbocycles. The highest BCUT2D eigenvalue weighted by Crippen LogP contribution is 2.38. The second-order valence-electron chi connectivity index (χ2n) is 22.8. The first kappa shape index (κ1) is 69.2. The zero-order valence-corrected chi connectivity index (χ0v) is 48.6. The van der Waals surface area contributed by atoms with E-state index >= 15 is 0 Å². The summed E-state index contributed by atoms with van der Waals surface area (Å²) in [6.45, 7) is 4.69. The molecule has 1 amide bonds. The van der Waals surface area contributed by atoms with Crippen molar-refractivity contribution in [2.75, 3.05) is 40.9 Å². The Bertz CT molecular complexity index is 1150. The first-order valence-corrected chi connectivity index (χ1v) is 32.5. The Kier molecular flexibility index (Phi) is 52.5. The third-order valence-electron chi connectivity index (χ3n) is 14.5. The first-order valence-electron chi connectivity index (χ1n) is 31.1. The number of nitrogens with zero attached hydrogens (tertiary/aromatic N) is 1. The highest BCUT2D eigenvalue weighted by atomic mass is 31.2. The molecule has 0 saturated heterocycles. The van der Waals surface area contributed by atoms with E-state index in [4.69, 9.17) is 9.05 Å². The number of quaternary nitrogens is 1. The first-order chi connectivity index (χ1) is 34.0. The summed E-state index contributed by atoms with van der Waals surface area (Å²) in [5, 5.41) is 13.9. The van der Waals surface area contributed by atoms with Crippen molar-refractivity contribution < 1.29 is 32.9 Å². The van der Waals surface area contributed by atoms with Crippen LogP contribution in [-0.2, 0) is 18.4 Å². The number of phosphoric ester groups is 1. The molecule has 70 heavy (non-hydrogen) atoms. The van der Waals surface area contributed by atoms with Gasteiger partial charge in [-0.2, -0.15) is 0 Å². The smallest absolute Gasteiger partial charge is 0.268 e. The standard InChI is InChI=1S/C61H123N2O6P/c1-6-8-10-12-14-16-18-20-22-23-24-25-26-27-28-29-30-31-32-33-34-35-36-37-38-39-40-41-43-45-47-49-51-53-55-61(65)62-59(58-69-70(66,67)68-57-56-63(3,4)5)60(64)54-52-50-48-46-44-42-21-19-17-15-13-11-9-7-2/h52,54,59-60,64H,6-51,53,55-58H2,1-5H3,(H-,62,65,66,67)/b54-52+. The van der Waals surface area contributed by atoms with Gasteiger partial charge >= 0.3 is 0 Å². The van der Waals surface area contributed by atoms with Crippen LogP contribution < -0.4 is 10.2 Å². The van der Waals surface area contributed by atoms with Gasteiger partial charge in [-0.25, -0.2) is 0 Å². The number of hydrogen-bond donors (Lipinski definition) is 2. The summed E-state index contributed by atoms with van der Waals surface area (Å²) in [6.07, 6.45) is 66.1. The number of nitrogens with one attached hydrogen (secondary N) is 1. The maximum Gasteiger partial charge on any atom is 0.268 e. The second-order valence-corrected chi connectivity index (χ2v) is 24.2. The van der Waals surface area contributed by atoms with Crippen molar-refractivity contribution in [2.45, 2.75) is 334 Å². The summed E-state index contributed by atoms with van der Waals surface area (Å²) in [6, 6.07) is -0.881. The number of hydrogen-bond acceptors (Lipinski definition) is 6. The number of aliphatic hydroxyl groups excluding tert-OH is 1. The molecule has 418 valence electrons. The Balaban J connectivity index is 3.93. The molecule has 2 N–H and O–H groups in total. The van der Waals surface area contributed by atoms with Crippen molar-refractivity contribution in [2.24, 2.45) is 0 Å². The predicted molar refractivity (Wildman–Crippen MR) is 302 cm³/mol. The monoisotopic (exact) mass is 1010 g/mol. The molecule has 0 aromatic carbocycles. The van der Waals surface area contributed by atoms with Crippen molar-refractivity contribution in [3.63, 3.8) is 0 Å². The molecule has 0 aliphatic rings. The minimum Gasteiger partial charge on any atom is -0.756 e. The maximum absolute atomic E-state index is 13.0. The van der Waals surface area contributed by atoms with E-state index in [1.807, 2.05) is 27.2 Å². The predicted octanol–water partition coefficient (Wildman–Crippen LogP) is 18.4. The van der Waals surface area contributed by atoms with Gasteiger partial charge in [0.15, 0.2) is 0 Å². The number of carbonyl (C=O) groups is 1. The summed E-state index contributed by atoms with van der Waals surface area (Å²) in [5.74, 6) is -0.190. The lowest BCUT2D eigenvalue weighted by Gasteiger charge is -2.29. The average Bonchev–Trinajstić information content (AvgIpc) is 3.32. The number of phosphoric acid groups is 1. The number of unbranched alkanes of at least 4 members (excludes halogenated alkanes) is 45. The van der Waals surface area contributed by atoms with Gasteiger partial charge in [0, 0.05) is 6.42 Å². The van der Waals surface area contributed by atoms with Gasteiger partial charge in [-0.05, 0) is 19.3 Å². The van der Waals surface area contributed by atoms with E-state index in [2.05, 4.69) is 19.2 Å². The Morgan fingerprint density at radius 3 is 1.07 bits per heavy atom. The Morgan fingerprint density at radius 1 is 0.486 bits per heavy atom. The minimum atomic E-state index is -4.59. The number of allylic oxidation sites excluding steroid dienone is 1. The van der Waals surface area contributed by atoms with E-state index in [0.29, 0.717) is 17.4 Å². The molecule has 0 spiro atoms. The lowest BCUT2D eigenvalue weighted by Crippen LogP contribution is -2.45. The van der Waals surface area contributed by atoms with Crippen LogP contribution in [0.3, 0.4) is 0 Å². The Labute approximate surface area is 437 Å². The number of rotatable bonds is 58. The lowest BCUT2D eigenvalue weighted by atomic mass is 10.0. The summed E-state index contributed by atoms with van der Waals surface area (Å²) in [4.78, 5) is 25.5. The van der Waals surface area contributed by atoms with Crippen LogP contribution in [0.15, 0.2) is 12.2 Å². The number of likely N-dealkylation sites (N-methyl/N-ethyl adjacent to an activating group) is 1. The summed E-state index contributed by atoms with van der Waals surface area (Å²) in [7, 11) is 1.28. The highest BCUT2D eigenvalue weighted by Gasteiger charge is 2.23. The van der Waals surface area contributed by atoms with Gasteiger partial charge in [-0.3, -0.25) is 9.36 Å². The van der Waals surface area contributed by atoms with Crippen LogP contribution in [0.5, 0.6) is 0 Å². The van der Waals surface area contributed by atoms with Crippen molar-refractivity contribution >= 4 is 13.7 Å². The fourth-order valence-electron chi connectivity index (χ4n) is 9.63. The third-order valence-corrected chi connectivity index (χ3v) is 15.5. The van der Waals surface area contributed by atoms with Crippen LogP contribution >= 0.6 is 7.82 Å². The zero-order valence-electron chi connectivity index (χ0n) is 47.8. The molecule has 0 heterocycles. The topological polar surface area (TPSA) is 108 Å². The maximum atomic E-state index is 13.0. The van der Waals surface area contributed by atoms with Crippen LogP contribution in [0, 0.1) is 0 Å². The quantitative estimate of drug-likeness (QED) is 0.0272. The Morgan fingerprint density at radius 2 is 0.771 bits per heavy atom. The van der Waals surface area contributed by atoms with Crippen molar-refractivity contribution in [1.29, 1.82) is 0 Å². The molecule has 3 atom stereocenters. The molecular formula is C61H123N2O6P. The molecule has 0 aliphatic heterocycles. The molecule has 3 unspecified atom stereocenters. The van der Waals surface area contributed by atoms with Crippen LogP contribution in [0.2, 0.25) is 0 Å². The molecule has 0 fully saturated rings. The third kappa shape index (κ3) is 55.0. The molecule has 9 heteroatoms. The van der Waals surface area contributed by atoms with Gasteiger partial charge in [0.2, 0.25) is 5.91 Å². The SMILES string of the molecule is CCCCCCCCCCCCCC/C=C/C(O)C(COP(=O)([O-])OCC[N+](C)(C)C)NC(=O)CCCCCCCCCCCCCCCCCCCCCCCCCCCCCCCCCCCC. The highest BCUT2D eigenvalue weighted by molar-refractivity contribution is 7.45. The van der Waals surface area contributed by atoms with Gasteiger partial charge in [0.1, 0.15) is 13.2 Å². The van der Waals surface area contributed by atoms with Crippen LogP contribution in [0.25, 0.3) is 0 Å². The minimum absolute atomic E-state index is 0.00253. The summed E-state index contributed by atoms with van der Waals surface area (Å²) < 4.78 is 23.3. The van der Waals surface area contributed by atoms with Gasteiger partial charge in [-0.1, -0.05) is 309 Å². The number of carbonyl (C=O) groups excluding carboxylic acids is 1.